The Labute approximate surface area is 150 Å². The van der Waals surface area contributed by atoms with Gasteiger partial charge in [-0.2, -0.15) is 4.31 Å². The molecule has 10 heteroatoms. The second-order valence-electron chi connectivity index (χ2n) is 5.23. The highest BCUT2D eigenvalue weighted by Crippen LogP contribution is 2.24. The summed E-state index contributed by atoms with van der Waals surface area (Å²) in [7, 11) is -2.63. The summed E-state index contributed by atoms with van der Waals surface area (Å²) in [6.07, 6.45) is -1.15. The van der Waals surface area contributed by atoms with Crippen molar-refractivity contribution in [2.75, 3.05) is 33.4 Å². The van der Waals surface area contributed by atoms with E-state index in [1.807, 2.05) is 0 Å². The highest BCUT2D eigenvalue weighted by atomic mass is 35.5. The summed E-state index contributed by atoms with van der Waals surface area (Å²) in [4.78, 5) is 23.5. The number of hydrogen-bond donors (Lipinski definition) is 0. The van der Waals surface area contributed by atoms with Gasteiger partial charge in [0, 0.05) is 13.1 Å². The normalized spacial score (nSPS) is 16.9. The van der Waals surface area contributed by atoms with Gasteiger partial charge in [-0.25, -0.2) is 18.0 Å². The molecular formula is C15H18ClNO7S. The van der Waals surface area contributed by atoms with Crippen LogP contribution in [0, 0.1) is 0 Å². The van der Waals surface area contributed by atoms with E-state index < -0.39 is 28.1 Å². The Balaban J connectivity index is 2.27. The van der Waals surface area contributed by atoms with Gasteiger partial charge >= 0.3 is 11.9 Å². The first-order valence-electron chi connectivity index (χ1n) is 7.43. The van der Waals surface area contributed by atoms with E-state index in [0.29, 0.717) is 13.2 Å². The number of morpholine rings is 1. The van der Waals surface area contributed by atoms with Crippen molar-refractivity contribution in [1.29, 1.82) is 0 Å². The van der Waals surface area contributed by atoms with Crippen molar-refractivity contribution >= 4 is 33.6 Å². The van der Waals surface area contributed by atoms with E-state index >= 15 is 0 Å². The molecule has 138 valence electrons. The zero-order valence-electron chi connectivity index (χ0n) is 13.7. The Morgan fingerprint density at radius 2 is 1.92 bits per heavy atom. The molecule has 0 bridgehead atoms. The fraction of sp³-hybridized carbons (Fsp3) is 0.467. The van der Waals surface area contributed by atoms with Crippen LogP contribution in [-0.2, 0) is 29.0 Å². The van der Waals surface area contributed by atoms with E-state index in [-0.39, 0.29) is 28.6 Å². The van der Waals surface area contributed by atoms with Crippen LogP contribution < -0.4 is 0 Å². The SMILES string of the molecule is COC(=O)C(C)OC(=O)c1cc(S(=O)(=O)N2CCOCC2)ccc1Cl. The molecule has 1 heterocycles. The van der Waals surface area contributed by atoms with Crippen molar-refractivity contribution in [3.63, 3.8) is 0 Å². The highest BCUT2D eigenvalue weighted by molar-refractivity contribution is 7.89. The summed E-state index contributed by atoms with van der Waals surface area (Å²) >= 11 is 5.98. The molecule has 0 aliphatic carbocycles. The molecule has 0 radical (unpaired) electrons. The smallest absolute Gasteiger partial charge is 0.346 e. The van der Waals surface area contributed by atoms with Gasteiger partial charge in [0.05, 0.1) is 35.8 Å². The molecule has 1 aromatic carbocycles. The number of benzene rings is 1. The Morgan fingerprint density at radius 3 is 2.52 bits per heavy atom. The summed E-state index contributed by atoms with van der Waals surface area (Å²) in [6.45, 7) is 2.40. The Bertz CT molecular complexity index is 759. The average Bonchev–Trinajstić information content (AvgIpc) is 2.61. The number of rotatable bonds is 5. The van der Waals surface area contributed by atoms with Gasteiger partial charge in [0.15, 0.2) is 6.10 Å². The molecule has 2 rings (SSSR count). The monoisotopic (exact) mass is 391 g/mol. The van der Waals surface area contributed by atoms with Gasteiger partial charge in [0.25, 0.3) is 0 Å². The summed E-state index contributed by atoms with van der Waals surface area (Å²) in [5.41, 5.74) is -0.147. The van der Waals surface area contributed by atoms with E-state index in [1.54, 1.807) is 0 Å². The quantitative estimate of drug-likeness (QED) is 0.692. The number of nitrogens with zero attached hydrogens (tertiary/aromatic N) is 1. The zero-order valence-corrected chi connectivity index (χ0v) is 15.3. The largest absolute Gasteiger partial charge is 0.466 e. The van der Waals surface area contributed by atoms with E-state index in [1.165, 1.54) is 23.4 Å². The molecule has 1 fully saturated rings. The fourth-order valence-electron chi connectivity index (χ4n) is 2.20. The molecule has 1 aromatic rings. The number of hydrogen-bond acceptors (Lipinski definition) is 7. The molecule has 1 atom stereocenters. The van der Waals surface area contributed by atoms with Crippen LogP contribution in [0.4, 0.5) is 0 Å². The molecule has 1 aliphatic rings. The second-order valence-corrected chi connectivity index (χ2v) is 7.57. The minimum absolute atomic E-state index is 0.0167. The molecule has 25 heavy (non-hydrogen) atoms. The van der Waals surface area contributed by atoms with Gasteiger partial charge in [-0.15, -0.1) is 0 Å². The first-order chi connectivity index (χ1) is 11.8. The van der Waals surface area contributed by atoms with Crippen LogP contribution in [0.25, 0.3) is 0 Å². The maximum absolute atomic E-state index is 12.7. The summed E-state index contributed by atoms with van der Waals surface area (Å²) in [5.74, 6) is -1.65. The topological polar surface area (TPSA) is 99.2 Å². The molecule has 0 saturated carbocycles. The van der Waals surface area contributed by atoms with Gasteiger partial charge in [0.2, 0.25) is 10.0 Å². The van der Waals surface area contributed by atoms with E-state index in [4.69, 9.17) is 21.1 Å². The van der Waals surface area contributed by atoms with Crippen LogP contribution >= 0.6 is 11.6 Å². The van der Waals surface area contributed by atoms with Crippen LogP contribution in [0.5, 0.6) is 0 Å². The predicted molar refractivity (Wildman–Crippen MR) is 87.9 cm³/mol. The summed E-state index contributed by atoms with van der Waals surface area (Å²) in [5, 5.41) is 0.0167. The van der Waals surface area contributed by atoms with Crippen molar-refractivity contribution in [3.05, 3.63) is 28.8 Å². The third-order valence-electron chi connectivity index (χ3n) is 3.58. The molecule has 1 saturated heterocycles. The molecule has 0 aromatic heterocycles. The van der Waals surface area contributed by atoms with Crippen molar-refractivity contribution in [1.82, 2.24) is 4.31 Å². The highest BCUT2D eigenvalue weighted by Gasteiger charge is 2.28. The van der Waals surface area contributed by atoms with Gasteiger partial charge in [-0.3, -0.25) is 0 Å². The van der Waals surface area contributed by atoms with Gasteiger partial charge in [0.1, 0.15) is 0 Å². The van der Waals surface area contributed by atoms with E-state index in [0.717, 1.165) is 13.2 Å². The van der Waals surface area contributed by atoms with Crippen LogP contribution in [-0.4, -0.2) is 64.2 Å². The minimum Gasteiger partial charge on any atom is -0.466 e. The number of methoxy groups -OCH3 is 1. The van der Waals surface area contributed by atoms with Gasteiger partial charge < -0.3 is 14.2 Å². The third kappa shape index (κ3) is 4.49. The van der Waals surface area contributed by atoms with Crippen LogP contribution in [0.1, 0.15) is 17.3 Å². The summed E-state index contributed by atoms with van der Waals surface area (Å²) < 4.78 is 41.1. The number of carbonyl (C=O) groups is 2. The Morgan fingerprint density at radius 1 is 1.28 bits per heavy atom. The zero-order chi connectivity index (χ0) is 18.6. The number of ether oxygens (including phenoxy) is 3. The predicted octanol–water partition coefficient (Wildman–Crippen LogP) is 1.08. The molecular weight excluding hydrogens is 374 g/mol. The lowest BCUT2D eigenvalue weighted by molar-refractivity contribution is -0.149. The standard InChI is InChI=1S/C15H18ClNO7S/c1-10(14(18)22-2)24-15(19)12-9-11(3-4-13(12)16)25(20,21)17-5-7-23-8-6-17/h3-4,9-10H,5-8H2,1-2H3. The lowest BCUT2D eigenvalue weighted by Crippen LogP contribution is -2.40. The lowest BCUT2D eigenvalue weighted by Gasteiger charge is -2.26. The first kappa shape index (κ1) is 19.6. The van der Waals surface area contributed by atoms with Gasteiger partial charge in [-0.1, -0.05) is 11.6 Å². The van der Waals surface area contributed by atoms with E-state index in [9.17, 15) is 18.0 Å². The Hall–Kier alpha value is -1.68. The number of sulfonamides is 1. The van der Waals surface area contributed by atoms with Crippen molar-refractivity contribution in [3.8, 4) is 0 Å². The third-order valence-corrected chi connectivity index (χ3v) is 5.81. The average molecular weight is 392 g/mol. The molecule has 0 spiro atoms. The number of esters is 2. The van der Waals surface area contributed by atoms with Crippen molar-refractivity contribution in [2.24, 2.45) is 0 Å². The van der Waals surface area contributed by atoms with Crippen LogP contribution in [0.2, 0.25) is 5.02 Å². The molecule has 1 unspecified atom stereocenters. The van der Waals surface area contributed by atoms with Crippen LogP contribution in [0.15, 0.2) is 23.1 Å². The number of carbonyl (C=O) groups excluding carboxylic acids is 2. The Kier molecular flexibility index (Phi) is 6.39. The van der Waals surface area contributed by atoms with Crippen molar-refractivity contribution < 1.29 is 32.2 Å². The minimum atomic E-state index is -3.79. The van der Waals surface area contributed by atoms with Crippen molar-refractivity contribution in [2.45, 2.75) is 17.9 Å². The summed E-state index contributed by atoms with van der Waals surface area (Å²) in [6, 6.07) is 3.75. The maximum atomic E-state index is 12.7. The number of halogens is 1. The molecule has 8 nitrogen and oxygen atoms in total. The maximum Gasteiger partial charge on any atom is 0.346 e. The lowest BCUT2D eigenvalue weighted by atomic mass is 10.2. The fourth-order valence-corrected chi connectivity index (χ4v) is 3.82. The van der Waals surface area contributed by atoms with E-state index in [2.05, 4.69) is 4.74 Å². The first-order valence-corrected chi connectivity index (χ1v) is 9.25. The molecule has 1 aliphatic heterocycles. The second kappa shape index (κ2) is 8.13. The molecule has 0 amide bonds. The van der Waals surface area contributed by atoms with Gasteiger partial charge in [-0.05, 0) is 25.1 Å². The molecule has 0 N–H and O–H groups in total. The van der Waals surface area contributed by atoms with Crippen LogP contribution in [0.3, 0.4) is 0 Å².